The standard InChI is InChI=1S/C11H14N2O4/c1-2-16-11(15)13-10(14)7-17-9-5-3-8(12)4-6-9/h3-6H,2,7,12H2,1H3,(H,13,14,15). The smallest absolute Gasteiger partial charge is 0.413 e. The predicted molar refractivity (Wildman–Crippen MR) is 61.5 cm³/mol. The summed E-state index contributed by atoms with van der Waals surface area (Å²) < 4.78 is 9.66. The van der Waals surface area contributed by atoms with Gasteiger partial charge in [0.05, 0.1) is 6.61 Å². The van der Waals surface area contributed by atoms with E-state index in [-0.39, 0.29) is 13.2 Å². The number of nitrogens with one attached hydrogen (secondary N) is 1. The Morgan fingerprint density at radius 1 is 1.29 bits per heavy atom. The molecule has 1 aromatic carbocycles. The topological polar surface area (TPSA) is 90.6 Å². The normalized spacial score (nSPS) is 9.47. The third kappa shape index (κ3) is 4.87. The lowest BCUT2D eigenvalue weighted by atomic mass is 10.3. The molecule has 2 amide bonds. The molecule has 0 aromatic heterocycles. The molecule has 0 aliphatic rings. The molecule has 0 radical (unpaired) electrons. The Hall–Kier alpha value is -2.24. The van der Waals surface area contributed by atoms with Crippen molar-refractivity contribution in [1.82, 2.24) is 5.32 Å². The van der Waals surface area contributed by atoms with Crippen LogP contribution in [0.1, 0.15) is 6.92 Å². The van der Waals surface area contributed by atoms with E-state index in [2.05, 4.69) is 4.74 Å². The number of nitrogens with two attached hydrogens (primary N) is 1. The largest absolute Gasteiger partial charge is 0.484 e. The molecular weight excluding hydrogens is 224 g/mol. The zero-order valence-corrected chi connectivity index (χ0v) is 9.43. The van der Waals surface area contributed by atoms with Gasteiger partial charge in [0.25, 0.3) is 5.91 Å². The number of anilines is 1. The molecule has 0 aliphatic heterocycles. The lowest BCUT2D eigenvalue weighted by Crippen LogP contribution is -2.34. The van der Waals surface area contributed by atoms with Gasteiger partial charge in [-0.05, 0) is 31.2 Å². The number of imide groups is 1. The summed E-state index contributed by atoms with van der Waals surface area (Å²) in [5, 5.41) is 2.01. The van der Waals surface area contributed by atoms with Crippen molar-refractivity contribution in [2.45, 2.75) is 6.92 Å². The van der Waals surface area contributed by atoms with E-state index >= 15 is 0 Å². The molecule has 0 atom stereocenters. The first kappa shape index (κ1) is 12.8. The van der Waals surface area contributed by atoms with Gasteiger partial charge < -0.3 is 15.2 Å². The number of rotatable bonds is 4. The highest BCUT2D eigenvalue weighted by atomic mass is 16.5. The summed E-state index contributed by atoms with van der Waals surface area (Å²) in [6, 6.07) is 6.57. The van der Waals surface area contributed by atoms with Crippen molar-refractivity contribution < 1.29 is 19.1 Å². The molecule has 3 N–H and O–H groups in total. The Morgan fingerprint density at radius 2 is 1.94 bits per heavy atom. The summed E-state index contributed by atoms with van der Waals surface area (Å²) in [4.78, 5) is 22.1. The van der Waals surface area contributed by atoms with Crippen LogP contribution in [0.15, 0.2) is 24.3 Å². The molecule has 0 unspecified atom stereocenters. The van der Waals surface area contributed by atoms with Crippen molar-refractivity contribution >= 4 is 17.7 Å². The quantitative estimate of drug-likeness (QED) is 0.761. The third-order valence-corrected chi connectivity index (χ3v) is 1.77. The van der Waals surface area contributed by atoms with E-state index < -0.39 is 12.0 Å². The molecule has 17 heavy (non-hydrogen) atoms. The average Bonchev–Trinajstić information content (AvgIpc) is 2.28. The van der Waals surface area contributed by atoms with Crippen LogP contribution in [0, 0.1) is 0 Å². The van der Waals surface area contributed by atoms with E-state index in [0.717, 1.165) is 0 Å². The minimum atomic E-state index is -0.779. The van der Waals surface area contributed by atoms with Gasteiger partial charge in [-0.1, -0.05) is 0 Å². The number of amides is 2. The van der Waals surface area contributed by atoms with Gasteiger partial charge in [-0.3, -0.25) is 10.1 Å². The number of ether oxygens (including phenoxy) is 2. The molecule has 1 aromatic rings. The number of nitrogen functional groups attached to an aromatic ring is 1. The maximum absolute atomic E-state index is 11.2. The molecular formula is C11H14N2O4. The van der Waals surface area contributed by atoms with E-state index in [4.69, 9.17) is 10.5 Å². The first-order valence-electron chi connectivity index (χ1n) is 5.06. The Bertz CT molecular complexity index is 389. The lowest BCUT2D eigenvalue weighted by Gasteiger charge is -2.06. The summed E-state index contributed by atoms with van der Waals surface area (Å²) in [7, 11) is 0. The maximum atomic E-state index is 11.2. The monoisotopic (exact) mass is 238 g/mol. The van der Waals surface area contributed by atoms with Gasteiger partial charge in [0.15, 0.2) is 6.61 Å². The van der Waals surface area contributed by atoms with Gasteiger partial charge in [0.1, 0.15) is 5.75 Å². The van der Waals surface area contributed by atoms with Crippen LogP contribution in [0.2, 0.25) is 0 Å². The van der Waals surface area contributed by atoms with Crippen molar-refractivity contribution in [2.24, 2.45) is 0 Å². The van der Waals surface area contributed by atoms with Crippen LogP contribution >= 0.6 is 0 Å². The molecule has 0 saturated carbocycles. The van der Waals surface area contributed by atoms with Crippen LogP contribution in [0.4, 0.5) is 10.5 Å². The van der Waals surface area contributed by atoms with Gasteiger partial charge in [0, 0.05) is 5.69 Å². The summed E-state index contributed by atoms with van der Waals surface area (Å²) in [6.07, 6.45) is -0.779. The number of hydrogen-bond donors (Lipinski definition) is 2. The number of carbonyl (C=O) groups excluding carboxylic acids is 2. The molecule has 6 nitrogen and oxygen atoms in total. The fourth-order valence-electron chi connectivity index (χ4n) is 1.03. The SMILES string of the molecule is CCOC(=O)NC(=O)COc1ccc(N)cc1. The fourth-order valence-corrected chi connectivity index (χ4v) is 1.03. The molecule has 92 valence electrons. The number of hydrogen-bond acceptors (Lipinski definition) is 5. The minimum Gasteiger partial charge on any atom is -0.484 e. The van der Waals surface area contributed by atoms with Gasteiger partial charge in [-0.2, -0.15) is 0 Å². The number of carbonyl (C=O) groups is 2. The number of benzene rings is 1. The predicted octanol–water partition coefficient (Wildman–Crippen LogP) is 0.920. The van der Waals surface area contributed by atoms with Gasteiger partial charge in [-0.25, -0.2) is 4.79 Å². The van der Waals surface area contributed by atoms with Crippen LogP contribution < -0.4 is 15.8 Å². The van der Waals surface area contributed by atoms with Crippen LogP contribution in [0.5, 0.6) is 5.75 Å². The van der Waals surface area contributed by atoms with Gasteiger partial charge >= 0.3 is 6.09 Å². The summed E-state index contributed by atoms with van der Waals surface area (Å²) in [5.41, 5.74) is 6.09. The van der Waals surface area contributed by atoms with Crippen molar-refractivity contribution in [3.8, 4) is 5.75 Å². The fraction of sp³-hybridized carbons (Fsp3) is 0.273. The molecule has 0 aliphatic carbocycles. The first-order valence-corrected chi connectivity index (χ1v) is 5.06. The summed E-state index contributed by atoms with van der Waals surface area (Å²) in [5.74, 6) is -0.0708. The summed E-state index contributed by atoms with van der Waals surface area (Å²) in [6.45, 7) is 1.59. The molecule has 0 saturated heterocycles. The zero-order valence-electron chi connectivity index (χ0n) is 9.43. The van der Waals surface area contributed by atoms with E-state index in [1.165, 1.54) is 0 Å². The third-order valence-electron chi connectivity index (χ3n) is 1.77. The van der Waals surface area contributed by atoms with E-state index in [9.17, 15) is 9.59 Å². The van der Waals surface area contributed by atoms with E-state index in [0.29, 0.717) is 11.4 Å². The van der Waals surface area contributed by atoms with Crippen LogP contribution in [0.3, 0.4) is 0 Å². The lowest BCUT2D eigenvalue weighted by molar-refractivity contribution is -0.122. The van der Waals surface area contributed by atoms with Crippen molar-refractivity contribution in [3.05, 3.63) is 24.3 Å². The highest BCUT2D eigenvalue weighted by Crippen LogP contribution is 2.12. The summed E-state index contributed by atoms with van der Waals surface area (Å²) >= 11 is 0. The average molecular weight is 238 g/mol. The van der Waals surface area contributed by atoms with E-state index in [1.54, 1.807) is 31.2 Å². The Balaban J connectivity index is 2.33. The molecule has 1 rings (SSSR count). The first-order chi connectivity index (χ1) is 8.11. The maximum Gasteiger partial charge on any atom is 0.413 e. The number of alkyl carbamates (subject to hydrolysis) is 1. The van der Waals surface area contributed by atoms with Crippen LogP contribution in [-0.4, -0.2) is 25.2 Å². The van der Waals surface area contributed by atoms with Gasteiger partial charge in [-0.15, -0.1) is 0 Å². The second-order valence-electron chi connectivity index (χ2n) is 3.13. The molecule has 0 bridgehead atoms. The zero-order chi connectivity index (χ0) is 12.7. The molecule has 0 spiro atoms. The van der Waals surface area contributed by atoms with Crippen LogP contribution in [-0.2, 0) is 9.53 Å². The highest BCUT2D eigenvalue weighted by Gasteiger charge is 2.08. The van der Waals surface area contributed by atoms with Crippen LogP contribution in [0.25, 0.3) is 0 Å². The second-order valence-corrected chi connectivity index (χ2v) is 3.13. The van der Waals surface area contributed by atoms with Crippen molar-refractivity contribution in [3.63, 3.8) is 0 Å². The molecule has 0 fully saturated rings. The van der Waals surface area contributed by atoms with Crippen molar-refractivity contribution in [2.75, 3.05) is 18.9 Å². The minimum absolute atomic E-state index is 0.206. The molecule has 6 heteroatoms. The van der Waals surface area contributed by atoms with E-state index in [1.807, 2.05) is 5.32 Å². The highest BCUT2D eigenvalue weighted by molar-refractivity contribution is 5.92. The Kier molecular flexibility index (Phi) is 4.80. The Morgan fingerprint density at radius 3 is 2.53 bits per heavy atom. The van der Waals surface area contributed by atoms with Crippen molar-refractivity contribution in [1.29, 1.82) is 0 Å². The second kappa shape index (κ2) is 6.37. The molecule has 0 heterocycles. The Labute approximate surface area is 98.7 Å². The van der Waals surface area contributed by atoms with Gasteiger partial charge in [0.2, 0.25) is 0 Å².